The predicted molar refractivity (Wildman–Crippen MR) is 188 cm³/mol. The number of oxazole rings is 2. The monoisotopic (exact) mass is 625 g/mol. The molecule has 7 nitrogen and oxygen atoms in total. The van der Waals surface area contributed by atoms with Gasteiger partial charge < -0.3 is 14.6 Å². The number of pyridine rings is 1. The van der Waals surface area contributed by atoms with E-state index >= 15 is 0 Å². The molecule has 0 aliphatic heterocycles. The molecule has 3 aromatic heterocycles. The van der Waals surface area contributed by atoms with Crippen LogP contribution in [-0.4, -0.2) is 26.7 Å². The molecule has 0 radical (unpaired) electrons. The van der Waals surface area contributed by atoms with E-state index in [2.05, 4.69) is 79.4 Å². The molecule has 7 heteroatoms. The lowest BCUT2D eigenvalue weighted by Crippen LogP contribution is -2.30. The summed E-state index contributed by atoms with van der Waals surface area (Å²) in [5, 5.41) is 0. The Hall–Kier alpha value is -4.88. The minimum Gasteiger partial charge on any atom is -0.441 e. The van der Waals surface area contributed by atoms with Gasteiger partial charge in [0.1, 0.15) is 11.5 Å². The highest BCUT2D eigenvalue weighted by atomic mass is 16.4. The molecule has 0 fully saturated rings. The van der Waals surface area contributed by atoms with Gasteiger partial charge in [0.15, 0.2) is 0 Å². The van der Waals surface area contributed by atoms with Crippen LogP contribution in [0.25, 0.3) is 22.9 Å². The van der Waals surface area contributed by atoms with Crippen LogP contribution in [-0.2, 0) is 25.7 Å². The second-order valence-electron chi connectivity index (χ2n) is 12.7. The third kappa shape index (κ3) is 7.42. The fourth-order valence-electron chi connectivity index (χ4n) is 6.45. The minimum absolute atomic E-state index is 0.125. The fourth-order valence-corrected chi connectivity index (χ4v) is 6.45. The molecule has 3 atom stereocenters. The number of aromatic nitrogens is 3. The Labute approximate surface area is 277 Å². The van der Waals surface area contributed by atoms with Crippen molar-refractivity contribution < 1.29 is 8.83 Å². The van der Waals surface area contributed by atoms with Crippen LogP contribution < -0.4 is 5.73 Å². The van der Waals surface area contributed by atoms with Gasteiger partial charge >= 0.3 is 0 Å². The van der Waals surface area contributed by atoms with Crippen LogP contribution in [0.2, 0.25) is 0 Å². The molecule has 3 unspecified atom stereocenters. The lowest BCUT2D eigenvalue weighted by atomic mass is 9.82. The first-order valence-electron chi connectivity index (χ1n) is 16.4. The lowest BCUT2D eigenvalue weighted by molar-refractivity contribution is 0.461. The number of rotatable bonds is 7. The molecule has 2 aliphatic rings. The summed E-state index contributed by atoms with van der Waals surface area (Å²) in [5.74, 6) is 4.17. The van der Waals surface area contributed by atoms with Crippen LogP contribution in [0.5, 0.6) is 0 Å². The molecule has 0 bridgehead atoms. The molecule has 7 rings (SSSR count). The Kier molecular flexibility index (Phi) is 9.73. The summed E-state index contributed by atoms with van der Waals surface area (Å²) in [6.07, 6.45) is 8.97. The molecule has 47 heavy (non-hydrogen) atoms. The Morgan fingerprint density at radius 2 is 1.49 bits per heavy atom. The molecular weight excluding hydrogens is 582 g/mol. The SMILES string of the molecule is C=CN=C(C(=C)C(C)N)C1CCc2oc(-c3cccc(C)c3)nc2C1.Cc1cccc(-c2nc3c(o2)CCC(c2ccccn2)C3)c1. The van der Waals surface area contributed by atoms with Crippen LogP contribution in [0.1, 0.15) is 65.4 Å². The molecule has 2 N–H and O–H groups in total. The van der Waals surface area contributed by atoms with Gasteiger partial charge in [-0.15, -0.1) is 0 Å². The van der Waals surface area contributed by atoms with Crippen LogP contribution in [0.3, 0.4) is 0 Å². The highest BCUT2D eigenvalue weighted by Crippen LogP contribution is 2.35. The summed E-state index contributed by atoms with van der Waals surface area (Å²) in [7, 11) is 0. The summed E-state index contributed by atoms with van der Waals surface area (Å²) >= 11 is 0. The lowest BCUT2D eigenvalue weighted by Gasteiger charge is -2.24. The van der Waals surface area contributed by atoms with Crippen molar-refractivity contribution in [3.63, 3.8) is 0 Å². The topological polar surface area (TPSA) is 103 Å². The van der Waals surface area contributed by atoms with E-state index < -0.39 is 0 Å². The van der Waals surface area contributed by atoms with Gasteiger partial charge in [0.25, 0.3) is 0 Å². The average molecular weight is 626 g/mol. The van der Waals surface area contributed by atoms with Crippen LogP contribution in [0.15, 0.2) is 112 Å². The molecule has 2 aromatic carbocycles. The second kappa shape index (κ2) is 14.3. The zero-order chi connectivity index (χ0) is 32.9. The van der Waals surface area contributed by atoms with Crippen molar-refractivity contribution in [2.24, 2.45) is 16.6 Å². The van der Waals surface area contributed by atoms with Crippen molar-refractivity contribution in [2.75, 3.05) is 0 Å². The maximum Gasteiger partial charge on any atom is 0.226 e. The van der Waals surface area contributed by atoms with Gasteiger partial charge in [0.2, 0.25) is 11.8 Å². The Morgan fingerprint density at radius 1 is 0.872 bits per heavy atom. The van der Waals surface area contributed by atoms with Crippen LogP contribution >= 0.6 is 0 Å². The number of nitrogens with zero attached hydrogens (tertiary/aromatic N) is 4. The zero-order valence-electron chi connectivity index (χ0n) is 27.6. The van der Waals surface area contributed by atoms with E-state index in [0.29, 0.717) is 11.8 Å². The standard InChI is InChI=1S/C21H25N3O.C19H18N2O/c1-5-23-20(14(3)15(4)22)16-9-10-19-18(12-16)24-21(25-19)17-8-6-7-13(2)11-17;1-13-5-4-6-15(11-13)19-21-17-12-14(8-9-18(17)22-19)16-7-2-3-10-20-16/h5-8,11,15-16H,1,3,9-10,12,22H2,2,4H3;2-7,10-11,14H,8-9,12H2,1H3. The third-order valence-corrected chi connectivity index (χ3v) is 9.01. The van der Waals surface area contributed by atoms with Crippen LogP contribution in [0, 0.1) is 19.8 Å². The highest BCUT2D eigenvalue weighted by molar-refractivity contribution is 6.02. The van der Waals surface area contributed by atoms with E-state index in [1.165, 1.54) is 11.1 Å². The first-order valence-corrected chi connectivity index (χ1v) is 16.4. The first-order chi connectivity index (χ1) is 22.8. The number of aliphatic imine (C=N–C) groups is 1. The molecule has 240 valence electrons. The number of nitrogens with two attached hydrogens (primary N) is 1. The maximum atomic E-state index is 6.02. The summed E-state index contributed by atoms with van der Waals surface area (Å²) in [6.45, 7) is 13.9. The molecule has 0 saturated heterocycles. The summed E-state index contributed by atoms with van der Waals surface area (Å²) in [6, 6.07) is 22.5. The second-order valence-corrected chi connectivity index (χ2v) is 12.7. The zero-order valence-corrected chi connectivity index (χ0v) is 27.6. The number of hydrogen-bond donors (Lipinski definition) is 1. The van der Waals surface area contributed by atoms with Crippen molar-refractivity contribution in [1.29, 1.82) is 0 Å². The van der Waals surface area contributed by atoms with E-state index in [1.54, 1.807) is 6.20 Å². The van der Waals surface area contributed by atoms with Crippen molar-refractivity contribution in [2.45, 2.75) is 71.3 Å². The van der Waals surface area contributed by atoms with Gasteiger partial charge in [-0.2, -0.15) is 0 Å². The van der Waals surface area contributed by atoms with Crippen molar-refractivity contribution in [1.82, 2.24) is 15.0 Å². The third-order valence-electron chi connectivity index (χ3n) is 9.01. The number of aryl methyl sites for hydroxylation is 4. The summed E-state index contributed by atoms with van der Waals surface area (Å²) in [5.41, 5.74) is 15.6. The largest absolute Gasteiger partial charge is 0.441 e. The average Bonchev–Trinajstić information content (AvgIpc) is 3.72. The number of benzene rings is 2. The Balaban J connectivity index is 0.000000165. The minimum atomic E-state index is -0.125. The smallest absolute Gasteiger partial charge is 0.226 e. The summed E-state index contributed by atoms with van der Waals surface area (Å²) in [4.78, 5) is 18.4. The fraction of sp³-hybridized carbons (Fsp3) is 0.300. The normalized spacial score (nSPS) is 17.9. The van der Waals surface area contributed by atoms with E-state index in [4.69, 9.17) is 24.5 Å². The molecule has 0 amide bonds. The van der Waals surface area contributed by atoms with Crippen molar-refractivity contribution >= 4 is 5.71 Å². The molecule has 2 aliphatic carbocycles. The van der Waals surface area contributed by atoms with Gasteiger partial charge in [0.05, 0.1) is 11.4 Å². The molecule has 0 spiro atoms. The predicted octanol–water partition coefficient (Wildman–Crippen LogP) is 8.56. The van der Waals surface area contributed by atoms with Gasteiger partial charge in [-0.1, -0.05) is 54.6 Å². The van der Waals surface area contributed by atoms with Crippen molar-refractivity contribution in [3.05, 3.63) is 138 Å². The van der Waals surface area contributed by atoms with Gasteiger partial charge in [-0.3, -0.25) is 9.98 Å². The quantitative estimate of drug-likeness (QED) is 0.182. The molecule has 5 aromatic rings. The molecular formula is C40H43N5O2. The van der Waals surface area contributed by atoms with E-state index in [0.717, 1.165) is 95.4 Å². The van der Waals surface area contributed by atoms with Gasteiger partial charge in [-0.25, -0.2) is 9.97 Å². The molecule has 3 heterocycles. The van der Waals surface area contributed by atoms with Crippen molar-refractivity contribution in [3.8, 4) is 22.9 Å². The molecule has 0 saturated carbocycles. The maximum absolute atomic E-state index is 6.02. The number of fused-ring (bicyclic) bond motifs is 2. The van der Waals surface area contributed by atoms with Gasteiger partial charge in [-0.05, 0) is 75.6 Å². The van der Waals surface area contributed by atoms with Gasteiger partial charge in [0, 0.05) is 78.5 Å². The summed E-state index contributed by atoms with van der Waals surface area (Å²) < 4.78 is 12.0. The Morgan fingerprint density at radius 3 is 2.04 bits per heavy atom. The highest BCUT2D eigenvalue weighted by Gasteiger charge is 2.29. The van der Waals surface area contributed by atoms with E-state index in [1.807, 2.05) is 37.4 Å². The van der Waals surface area contributed by atoms with Crippen LogP contribution in [0.4, 0.5) is 0 Å². The van der Waals surface area contributed by atoms with E-state index in [9.17, 15) is 0 Å². The Bertz CT molecular complexity index is 1900. The first kappa shape index (κ1) is 32.1. The number of hydrogen-bond acceptors (Lipinski definition) is 7. The van der Waals surface area contributed by atoms with E-state index in [-0.39, 0.29) is 12.0 Å².